The second-order valence-electron chi connectivity index (χ2n) is 5.46. The van der Waals surface area contributed by atoms with Crippen molar-refractivity contribution in [1.82, 2.24) is 10.6 Å². The van der Waals surface area contributed by atoms with Crippen LogP contribution >= 0.6 is 11.6 Å². The van der Waals surface area contributed by atoms with Crippen molar-refractivity contribution in [1.29, 1.82) is 0 Å². The number of halogens is 1. The molecule has 0 aromatic heterocycles. The highest BCUT2D eigenvalue weighted by atomic mass is 35.5. The molecule has 2 unspecified atom stereocenters. The summed E-state index contributed by atoms with van der Waals surface area (Å²) in [5.41, 5.74) is 0.635. The average molecular weight is 281 g/mol. The molecule has 0 radical (unpaired) electrons. The summed E-state index contributed by atoms with van der Waals surface area (Å²) in [5, 5.41) is 7.12. The molecule has 4 heteroatoms. The fourth-order valence-electron chi connectivity index (χ4n) is 2.44. The minimum atomic E-state index is -0.432. The van der Waals surface area contributed by atoms with Crippen LogP contribution in [-0.4, -0.2) is 18.0 Å². The number of carbonyl (C=O) groups is 1. The fraction of sp³-hybridized carbons (Fsp3) is 0.533. The van der Waals surface area contributed by atoms with Crippen molar-refractivity contribution in [2.24, 2.45) is 0 Å². The Morgan fingerprint density at radius 1 is 1.37 bits per heavy atom. The van der Waals surface area contributed by atoms with Crippen LogP contribution in [0.25, 0.3) is 0 Å². The summed E-state index contributed by atoms with van der Waals surface area (Å²) in [6.07, 6.45) is 3.15. The van der Waals surface area contributed by atoms with Gasteiger partial charge in [-0.05, 0) is 57.4 Å². The Kier molecular flexibility index (Phi) is 4.48. The van der Waals surface area contributed by atoms with Gasteiger partial charge in [-0.2, -0.15) is 0 Å². The molecule has 19 heavy (non-hydrogen) atoms. The van der Waals surface area contributed by atoms with Crippen LogP contribution in [-0.2, 0) is 4.79 Å². The van der Waals surface area contributed by atoms with Crippen molar-refractivity contribution in [2.45, 2.75) is 44.7 Å². The highest BCUT2D eigenvalue weighted by Crippen LogP contribution is 2.21. The summed E-state index contributed by atoms with van der Waals surface area (Å²) in [5.74, 6) is 0.0784. The van der Waals surface area contributed by atoms with Gasteiger partial charge in [-0.15, -0.1) is 0 Å². The molecule has 2 N–H and O–H groups in total. The molecule has 2 rings (SSSR count). The predicted molar refractivity (Wildman–Crippen MR) is 78.3 cm³/mol. The molecular weight excluding hydrogens is 260 g/mol. The van der Waals surface area contributed by atoms with Gasteiger partial charge in [0.15, 0.2) is 0 Å². The van der Waals surface area contributed by atoms with Gasteiger partial charge in [-0.25, -0.2) is 0 Å². The predicted octanol–water partition coefficient (Wildman–Crippen LogP) is 3.05. The summed E-state index contributed by atoms with van der Waals surface area (Å²) < 4.78 is 0. The van der Waals surface area contributed by atoms with Gasteiger partial charge in [0.05, 0.1) is 11.6 Å². The normalized spacial score (nSPS) is 24.8. The van der Waals surface area contributed by atoms with Gasteiger partial charge in [-0.3, -0.25) is 4.79 Å². The summed E-state index contributed by atoms with van der Waals surface area (Å²) >= 11 is 5.87. The van der Waals surface area contributed by atoms with Crippen LogP contribution in [0.1, 0.15) is 44.7 Å². The summed E-state index contributed by atoms with van der Waals surface area (Å²) in [6.45, 7) is 4.89. The first kappa shape index (κ1) is 14.4. The maximum atomic E-state index is 12.4. The number of piperidine rings is 1. The van der Waals surface area contributed by atoms with Crippen LogP contribution in [0.2, 0.25) is 5.02 Å². The van der Waals surface area contributed by atoms with Gasteiger partial charge in [0.25, 0.3) is 0 Å². The number of carbonyl (C=O) groups excluding carboxylic acids is 1. The Morgan fingerprint density at radius 2 is 2.05 bits per heavy atom. The van der Waals surface area contributed by atoms with Crippen molar-refractivity contribution < 1.29 is 4.79 Å². The number of amides is 1. The van der Waals surface area contributed by atoms with E-state index in [0.29, 0.717) is 5.02 Å². The monoisotopic (exact) mass is 280 g/mol. The molecule has 1 aromatic carbocycles. The SMILES string of the molecule is CC(NC(=O)C1(C)CCCCN1)c1ccc(Cl)cc1. The molecule has 1 amide bonds. The van der Waals surface area contributed by atoms with Gasteiger partial charge in [0, 0.05) is 5.02 Å². The molecule has 0 bridgehead atoms. The first-order valence-electron chi connectivity index (χ1n) is 6.83. The smallest absolute Gasteiger partial charge is 0.240 e. The van der Waals surface area contributed by atoms with E-state index in [9.17, 15) is 4.79 Å². The van der Waals surface area contributed by atoms with E-state index < -0.39 is 5.54 Å². The van der Waals surface area contributed by atoms with E-state index in [1.807, 2.05) is 38.1 Å². The lowest BCUT2D eigenvalue weighted by atomic mass is 9.89. The Balaban J connectivity index is 2.00. The molecular formula is C15H21ClN2O. The fourth-order valence-corrected chi connectivity index (χ4v) is 2.57. The lowest BCUT2D eigenvalue weighted by Crippen LogP contribution is -2.57. The average Bonchev–Trinajstić information content (AvgIpc) is 2.40. The van der Waals surface area contributed by atoms with Crippen molar-refractivity contribution in [2.75, 3.05) is 6.54 Å². The molecule has 1 aromatic rings. The van der Waals surface area contributed by atoms with Gasteiger partial charge in [0.1, 0.15) is 0 Å². The zero-order chi connectivity index (χ0) is 13.9. The molecule has 0 aliphatic carbocycles. The maximum absolute atomic E-state index is 12.4. The van der Waals surface area contributed by atoms with E-state index in [2.05, 4.69) is 10.6 Å². The van der Waals surface area contributed by atoms with Crippen molar-refractivity contribution in [3.8, 4) is 0 Å². The lowest BCUT2D eigenvalue weighted by molar-refractivity contribution is -0.128. The van der Waals surface area contributed by atoms with Crippen LogP contribution < -0.4 is 10.6 Å². The zero-order valence-corrected chi connectivity index (χ0v) is 12.3. The Hall–Kier alpha value is -1.06. The van der Waals surface area contributed by atoms with E-state index in [-0.39, 0.29) is 11.9 Å². The van der Waals surface area contributed by atoms with Crippen LogP contribution in [0.15, 0.2) is 24.3 Å². The number of hydrogen-bond acceptors (Lipinski definition) is 2. The topological polar surface area (TPSA) is 41.1 Å². The Morgan fingerprint density at radius 3 is 2.63 bits per heavy atom. The first-order valence-corrected chi connectivity index (χ1v) is 7.20. The molecule has 1 aliphatic rings. The van der Waals surface area contributed by atoms with Crippen LogP contribution in [0.5, 0.6) is 0 Å². The largest absolute Gasteiger partial charge is 0.348 e. The zero-order valence-electron chi connectivity index (χ0n) is 11.5. The minimum Gasteiger partial charge on any atom is -0.348 e. The molecule has 1 heterocycles. The van der Waals surface area contributed by atoms with Crippen molar-refractivity contribution >= 4 is 17.5 Å². The van der Waals surface area contributed by atoms with Crippen LogP contribution in [0.3, 0.4) is 0 Å². The standard InChI is InChI=1S/C15H21ClN2O/c1-11(12-5-7-13(16)8-6-12)18-14(19)15(2)9-3-4-10-17-15/h5-8,11,17H,3-4,9-10H2,1-2H3,(H,18,19). The minimum absolute atomic E-state index is 0.00896. The second kappa shape index (κ2) is 5.93. The van der Waals surface area contributed by atoms with E-state index in [0.717, 1.165) is 31.4 Å². The summed E-state index contributed by atoms with van der Waals surface area (Å²) in [6, 6.07) is 7.58. The Labute approximate surface area is 119 Å². The summed E-state index contributed by atoms with van der Waals surface area (Å²) in [4.78, 5) is 12.4. The third kappa shape index (κ3) is 3.48. The quantitative estimate of drug-likeness (QED) is 0.893. The number of rotatable bonds is 3. The second-order valence-corrected chi connectivity index (χ2v) is 5.90. The highest BCUT2D eigenvalue weighted by molar-refractivity contribution is 6.30. The van der Waals surface area contributed by atoms with Crippen LogP contribution in [0.4, 0.5) is 0 Å². The summed E-state index contributed by atoms with van der Waals surface area (Å²) in [7, 11) is 0. The first-order chi connectivity index (χ1) is 9.01. The van der Waals surface area contributed by atoms with Gasteiger partial charge in [0.2, 0.25) is 5.91 Å². The maximum Gasteiger partial charge on any atom is 0.240 e. The lowest BCUT2D eigenvalue weighted by Gasteiger charge is -2.34. The van der Waals surface area contributed by atoms with E-state index in [4.69, 9.17) is 11.6 Å². The molecule has 0 spiro atoms. The molecule has 1 saturated heterocycles. The Bertz CT molecular complexity index is 438. The van der Waals surface area contributed by atoms with Gasteiger partial charge in [-0.1, -0.05) is 23.7 Å². The third-order valence-corrected chi connectivity index (χ3v) is 4.09. The van der Waals surface area contributed by atoms with Crippen molar-refractivity contribution in [3.63, 3.8) is 0 Å². The number of benzene rings is 1. The van der Waals surface area contributed by atoms with E-state index in [1.165, 1.54) is 0 Å². The number of hydrogen-bond donors (Lipinski definition) is 2. The molecule has 1 fully saturated rings. The molecule has 3 nitrogen and oxygen atoms in total. The molecule has 0 saturated carbocycles. The molecule has 104 valence electrons. The van der Waals surface area contributed by atoms with Crippen molar-refractivity contribution in [3.05, 3.63) is 34.9 Å². The molecule has 1 aliphatic heterocycles. The highest BCUT2D eigenvalue weighted by Gasteiger charge is 2.34. The third-order valence-electron chi connectivity index (χ3n) is 3.84. The van der Waals surface area contributed by atoms with E-state index in [1.54, 1.807) is 0 Å². The van der Waals surface area contributed by atoms with E-state index >= 15 is 0 Å². The number of nitrogens with one attached hydrogen (secondary N) is 2. The van der Waals surface area contributed by atoms with Gasteiger partial charge >= 0.3 is 0 Å². The van der Waals surface area contributed by atoms with Crippen LogP contribution in [0, 0.1) is 0 Å². The van der Waals surface area contributed by atoms with Gasteiger partial charge < -0.3 is 10.6 Å². The molecule has 2 atom stereocenters.